The van der Waals surface area contributed by atoms with E-state index in [-0.39, 0.29) is 12.6 Å². The lowest BCUT2D eigenvalue weighted by atomic mass is 9.97. The number of carbonyl (C=O) groups is 1. The fourth-order valence-electron chi connectivity index (χ4n) is 3.20. The highest BCUT2D eigenvalue weighted by Crippen LogP contribution is 2.40. The molecule has 0 atom stereocenters. The lowest BCUT2D eigenvalue weighted by Crippen LogP contribution is -2.28. The Kier molecular flexibility index (Phi) is 7.02. The molecule has 1 aliphatic rings. The van der Waals surface area contributed by atoms with E-state index < -0.39 is 5.60 Å². The molecule has 2 aromatic carbocycles. The van der Waals surface area contributed by atoms with Crippen LogP contribution in [0.4, 0.5) is 0 Å². The van der Waals surface area contributed by atoms with E-state index in [1.54, 1.807) is 38.5 Å². The first-order valence-corrected chi connectivity index (χ1v) is 10.1. The molecule has 6 nitrogen and oxygen atoms in total. The summed E-state index contributed by atoms with van der Waals surface area (Å²) >= 11 is 0. The van der Waals surface area contributed by atoms with Crippen molar-refractivity contribution >= 4 is 17.9 Å². The third kappa shape index (κ3) is 5.27. The lowest BCUT2D eigenvalue weighted by molar-refractivity contribution is 0.0487. The molecule has 0 saturated carbocycles. The highest BCUT2D eigenvalue weighted by molar-refractivity contribution is 6.09. The van der Waals surface area contributed by atoms with E-state index in [1.807, 2.05) is 45.1 Å². The maximum atomic E-state index is 13.0. The number of ketones is 1. The van der Waals surface area contributed by atoms with Crippen LogP contribution in [0, 0.1) is 0 Å². The van der Waals surface area contributed by atoms with Crippen molar-refractivity contribution in [3.8, 4) is 23.0 Å². The van der Waals surface area contributed by atoms with E-state index >= 15 is 0 Å². The molecule has 0 fully saturated rings. The first kappa shape index (κ1) is 22.4. The van der Waals surface area contributed by atoms with Crippen LogP contribution in [0.2, 0.25) is 0 Å². The molecule has 2 aromatic rings. The van der Waals surface area contributed by atoms with Gasteiger partial charge in [0.15, 0.2) is 24.1 Å². The van der Waals surface area contributed by atoms with Gasteiger partial charge in [-0.2, -0.15) is 0 Å². The van der Waals surface area contributed by atoms with Crippen molar-refractivity contribution in [3.63, 3.8) is 0 Å². The third-order valence-electron chi connectivity index (χ3n) is 4.68. The number of allylic oxidation sites excluding steroid dienone is 1. The second-order valence-electron chi connectivity index (χ2n) is 7.48. The fourth-order valence-corrected chi connectivity index (χ4v) is 3.20. The molecule has 0 unspecified atom stereocenters. The summed E-state index contributed by atoms with van der Waals surface area (Å²) in [5, 5.41) is 0. The maximum absolute atomic E-state index is 13.0. The molecular formula is C25H28O6. The van der Waals surface area contributed by atoms with Gasteiger partial charge in [-0.1, -0.05) is 12.1 Å². The summed E-state index contributed by atoms with van der Waals surface area (Å²) in [4.78, 5) is 13.0. The van der Waals surface area contributed by atoms with Gasteiger partial charge in [-0.15, -0.1) is 0 Å². The van der Waals surface area contributed by atoms with Gasteiger partial charge in [0.25, 0.3) is 0 Å². The van der Waals surface area contributed by atoms with Crippen LogP contribution < -0.4 is 18.9 Å². The van der Waals surface area contributed by atoms with Crippen molar-refractivity contribution in [3.05, 3.63) is 59.2 Å². The number of ether oxygens (including phenoxy) is 5. The fraction of sp³-hybridized carbons (Fsp3) is 0.320. The number of rotatable bonds is 9. The average molecular weight is 424 g/mol. The number of carbonyl (C=O) groups excluding carboxylic acids is 1. The van der Waals surface area contributed by atoms with E-state index in [9.17, 15) is 4.79 Å². The second-order valence-corrected chi connectivity index (χ2v) is 7.48. The molecular weight excluding hydrogens is 396 g/mol. The number of benzene rings is 2. The summed E-state index contributed by atoms with van der Waals surface area (Å²) < 4.78 is 27.6. The monoisotopic (exact) mass is 424 g/mol. The Bertz CT molecular complexity index is 1000. The number of hydrogen-bond donors (Lipinski definition) is 0. The predicted molar refractivity (Wildman–Crippen MR) is 120 cm³/mol. The minimum atomic E-state index is -0.511. The molecule has 6 heteroatoms. The lowest BCUT2D eigenvalue weighted by Gasteiger charge is -2.29. The van der Waals surface area contributed by atoms with Gasteiger partial charge in [0.05, 0.1) is 24.8 Å². The number of methoxy groups -OCH3 is 2. The zero-order valence-electron chi connectivity index (χ0n) is 18.6. The largest absolute Gasteiger partial charge is 0.496 e. The minimum absolute atomic E-state index is 0.126. The summed E-state index contributed by atoms with van der Waals surface area (Å²) in [5.41, 5.74) is 1.54. The number of hydrogen-bond acceptors (Lipinski definition) is 6. The maximum Gasteiger partial charge on any atom is 0.189 e. The van der Waals surface area contributed by atoms with Crippen LogP contribution in [-0.2, 0) is 4.74 Å². The van der Waals surface area contributed by atoms with Crippen LogP contribution in [0.15, 0.2) is 42.5 Å². The molecule has 1 aliphatic heterocycles. The van der Waals surface area contributed by atoms with E-state index in [0.29, 0.717) is 35.2 Å². The quantitative estimate of drug-likeness (QED) is 0.315. The van der Waals surface area contributed by atoms with Crippen molar-refractivity contribution in [2.75, 3.05) is 27.6 Å². The van der Waals surface area contributed by atoms with E-state index in [4.69, 9.17) is 23.7 Å². The highest BCUT2D eigenvalue weighted by Gasteiger charge is 2.27. The summed E-state index contributed by atoms with van der Waals surface area (Å²) in [6, 6.07) is 8.97. The molecule has 0 radical (unpaired) electrons. The predicted octanol–water partition coefficient (Wildman–Crippen LogP) is 5.16. The van der Waals surface area contributed by atoms with Crippen LogP contribution in [0.25, 0.3) is 12.2 Å². The summed E-state index contributed by atoms with van der Waals surface area (Å²) in [5.74, 6) is 2.20. The van der Waals surface area contributed by atoms with Gasteiger partial charge in [-0.3, -0.25) is 4.79 Å². The SMILES string of the molecule is CCOc1cc(/C=C/C(=O)c2ccc(OC)c3c2OC(C)(C)C=C3)ccc1OCOC. The van der Waals surface area contributed by atoms with Crippen LogP contribution in [0.3, 0.4) is 0 Å². The zero-order valence-corrected chi connectivity index (χ0v) is 18.6. The molecule has 3 rings (SSSR count). The molecule has 0 spiro atoms. The minimum Gasteiger partial charge on any atom is -0.496 e. The first-order valence-electron chi connectivity index (χ1n) is 10.1. The van der Waals surface area contributed by atoms with Crippen molar-refractivity contribution < 1.29 is 28.5 Å². The molecule has 0 aliphatic carbocycles. The summed E-state index contributed by atoms with van der Waals surface area (Å²) in [7, 11) is 3.15. The van der Waals surface area contributed by atoms with Gasteiger partial charge in [0.1, 0.15) is 17.1 Å². The first-order chi connectivity index (χ1) is 14.9. The van der Waals surface area contributed by atoms with Crippen LogP contribution in [0.5, 0.6) is 23.0 Å². The van der Waals surface area contributed by atoms with Crippen molar-refractivity contribution in [2.24, 2.45) is 0 Å². The van der Waals surface area contributed by atoms with Crippen molar-refractivity contribution in [1.82, 2.24) is 0 Å². The average Bonchev–Trinajstić information content (AvgIpc) is 2.75. The Hall–Kier alpha value is -3.25. The normalized spacial score (nSPS) is 14.1. The third-order valence-corrected chi connectivity index (χ3v) is 4.68. The Morgan fingerprint density at radius 2 is 1.84 bits per heavy atom. The molecule has 1 heterocycles. The van der Waals surface area contributed by atoms with Crippen LogP contribution >= 0.6 is 0 Å². The Labute approximate surface area is 183 Å². The molecule has 0 amide bonds. The zero-order chi connectivity index (χ0) is 22.4. The second kappa shape index (κ2) is 9.71. The number of fused-ring (bicyclic) bond motifs is 1. The standard InChI is InChI=1S/C25H28O6/c1-6-29-23-15-17(8-11-22(23)30-16-27-4)7-10-20(26)18-9-12-21(28-5)19-13-14-25(2,3)31-24(18)19/h7-15H,6,16H2,1-5H3/b10-7+. The van der Waals surface area contributed by atoms with Crippen LogP contribution in [-0.4, -0.2) is 39.0 Å². The summed E-state index contributed by atoms with van der Waals surface area (Å²) in [6.45, 7) is 6.40. The molecule has 0 saturated heterocycles. The van der Waals surface area contributed by atoms with Gasteiger partial charge >= 0.3 is 0 Å². The van der Waals surface area contributed by atoms with E-state index in [1.165, 1.54) is 6.08 Å². The smallest absolute Gasteiger partial charge is 0.189 e. The van der Waals surface area contributed by atoms with Gasteiger partial charge in [-0.05, 0) is 68.8 Å². The topological polar surface area (TPSA) is 63.2 Å². The van der Waals surface area contributed by atoms with Gasteiger partial charge in [0, 0.05) is 7.11 Å². The molecule has 164 valence electrons. The Morgan fingerprint density at radius 1 is 1.06 bits per heavy atom. The van der Waals surface area contributed by atoms with Gasteiger partial charge < -0.3 is 23.7 Å². The van der Waals surface area contributed by atoms with Crippen molar-refractivity contribution in [1.29, 1.82) is 0 Å². The van der Waals surface area contributed by atoms with Crippen LogP contribution in [0.1, 0.15) is 42.3 Å². The van der Waals surface area contributed by atoms with E-state index in [0.717, 1.165) is 11.1 Å². The Morgan fingerprint density at radius 3 is 2.55 bits per heavy atom. The van der Waals surface area contributed by atoms with Gasteiger partial charge in [-0.25, -0.2) is 0 Å². The highest BCUT2D eigenvalue weighted by atomic mass is 16.7. The van der Waals surface area contributed by atoms with Gasteiger partial charge in [0.2, 0.25) is 0 Å². The van der Waals surface area contributed by atoms with Crippen molar-refractivity contribution in [2.45, 2.75) is 26.4 Å². The molecule has 0 bridgehead atoms. The molecule has 0 aromatic heterocycles. The molecule has 0 N–H and O–H groups in total. The Balaban J connectivity index is 1.88. The summed E-state index contributed by atoms with van der Waals surface area (Å²) in [6.07, 6.45) is 7.15. The molecule has 31 heavy (non-hydrogen) atoms. The van der Waals surface area contributed by atoms with E-state index in [2.05, 4.69) is 0 Å².